The lowest BCUT2D eigenvalue weighted by Gasteiger charge is -2.14. The summed E-state index contributed by atoms with van der Waals surface area (Å²) < 4.78 is 13.6. The molecular weight excluding hydrogens is 267 g/mol. The van der Waals surface area contributed by atoms with Gasteiger partial charge in [-0.05, 0) is 18.6 Å². The summed E-state index contributed by atoms with van der Waals surface area (Å²) in [6.45, 7) is 2.49. The van der Waals surface area contributed by atoms with Gasteiger partial charge in [-0.1, -0.05) is 48.5 Å². The molecule has 4 heteroatoms. The normalized spacial score (nSPS) is 11.9. The lowest BCUT2D eigenvalue weighted by atomic mass is 10.1. The summed E-state index contributed by atoms with van der Waals surface area (Å²) in [7, 11) is 0. The van der Waals surface area contributed by atoms with Gasteiger partial charge in [0.15, 0.2) is 0 Å². The first kappa shape index (κ1) is 15.2. The van der Waals surface area contributed by atoms with E-state index < -0.39 is 0 Å². The average Bonchev–Trinajstić information content (AvgIpc) is 2.52. The van der Waals surface area contributed by atoms with Crippen LogP contribution in [0.1, 0.15) is 24.1 Å². The Hall–Kier alpha value is -2.20. The zero-order valence-electron chi connectivity index (χ0n) is 12.0. The minimum atomic E-state index is -0.262. The molecule has 0 bridgehead atoms. The van der Waals surface area contributed by atoms with E-state index in [1.165, 1.54) is 6.07 Å². The average molecular weight is 286 g/mol. The molecule has 0 aromatic heterocycles. The molecule has 0 fully saturated rings. The third-order valence-corrected chi connectivity index (χ3v) is 3.27. The highest BCUT2D eigenvalue weighted by molar-refractivity contribution is 5.78. The Morgan fingerprint density at radius 2 is 1.76 bits per heavy atom. The Balaban J connectivity index is 1.77. The zero-order valence-corrected chi connectivity index (χ0v) is 12.0. The smallest absolute Gasteiger partial charge is 0.234 e. The van der Waals surface area contributed by atoms with Crippen LogP contribution in [0.25, 0.3) is 0 Å². The third kappa shape index (κ3) is 4.68. The quantitative estimate of drug-likeness (QED) is 0.857. The first-order valence-corrected chi connectivity index (χ1v) is 6.95. The Morgan fingerprint density at radius 1 is 1.10 bits per heavy atom. The van der Waals surface area contributed by atoms with Gasteiger partial charge in [0.25, 0.3) is 0 Å². The molecule has 1 atom stereocenters. The molecule has 0 aliphatic rings. The van der Waals surface area contributed by atoms with Gasteiger partial charge in [-0.25, -0.2) is 4.39 Å². The predicted octanol–water partition coefficient (Wildman–Crippen LogP) is 2.79. The van der Waals surface area contributed by atoms with Crippen LogP contribution in [-0.2, 0) is 11.3 Å². The fraction of sp³-hybridized carbons (Fsp3) is 0.235. The number of hydrogen-bond acceptors (Lipinski definition) is 2. The summed E-state index contributed by atoms with van der Waals surface area (Å²) in [5.74, 6) is -0.371. The van der Waals surface area contributed by atoms with Crippen molar-refractivity contribution < 1.29 is 9.18 Å². The molecule has 0 heterocycles. The first-order valence-electron chi connectivity index (χ1n) is 6.95. The summed E-state index contributed by atoms with van der Waals surface area (Å²) in [5, 5.41) is 5.85. The monoisotopic (exact) mass is 286 g/mol. The fourth-order valence-corrected chi connectivity index (χ4v) is 2.04. The van der Waals surface area contributed by atoms with Crippen LogP contribution >= 0.6 is 0 Å². The Labute approximate surface area is 124 Å². The van der Waals surface area contributed by atoms with Crippen LogP contribution in [0.2, 0.25) is 0 Å². The Kier molecular flexibility index (Phi) is 5.46. The number of halogens is 1. The van der Waals surface area contributed by atoms with Crippen molar-refractivity contribution >= 4 is 5.91 Å². The maximum Gasteiger partial charge on any atom is 0.234 e. The van der Waals surface area contributed by atoms with E-state index in [9.17, 15) is 9.18 Å². The van der Waals surface area contributed by atoms with Crippen molar-refractivity contribution in [1.82, 2.24) is 10.6 Å². The van der Waals surface area contributed by atoms with Gasteiger partial charge < -0.3 is 10.6 Å². The number of nitrogens with one attached hydrogen (secondary N) is 2. The number of benzene rings is 2. The SMILES string of the molecule is CC(NCC(=O)NCc1ccccc1)c1ccccc1F. The molecule has 0 saturated carbocycles. The topological polar surface area (TPSA) is 41.1 Å². The number of hydrogen-bond donors (Lipinski definition) is 2. The zero-order chi connectivity index (χ0) is 15.1. The van der Waals surface area contributed by atoms with Gasteiger partial charge in [0, 0.05) is 18.2 Å². The molecule has 2 aromatic rings. The highest BCUT2D eigenvalue weighted by Crippen LogP contribution is 2.15. The summed E-state index contributed by atoms with van der Waals surface area (Å²) in [6, 6.07) is 16.1. The molecule has 1 unspecified atom stereocenters. The second kappa shape index (κ2) is 7.55. The second-order valence-corrected chi connectivity index (χ2v) is 4.89. The van der Waals surface area contributed by atoms with E-state index in [0.29, 0.717) is 12.1 Å². The molecule has 0 saturated heterocycles. The van der Waals surface area contributed by atoms with E-state index in [2.05, 4.69) is 10.6 Å². The highest BCUT2D eigenvalue weighted by atomic mass is 19.1. The molecule has 0 aliphatic heterocycles. The van der Waals surface area contributed by atoms with Crippen LogP contribution in [0.4, 0.5) is 4.39 Å². The van der Waals surface area contributed by atoms with Gasteiger partial charge in [0.1, 0.15) is 5.82 Å². The number of carbonyl (C=O) groups excluding carboxylic acids is 1. The minimum Gasteiger partial charge on any atom is -0.351 e. The number of rotatable bonds is 6. The number of amides is 1. The minimum absolute atomic E-state index is 0.109. The van der Waals surface area contributed by atoms with Crippen LogP contribution in [0.3, 0.4) is 0 Å². The highest BCUT2D eigenvalue weighted by Gasteiger charge is 2.11. The summed E-state index contributed by atoms with van der Waals surface area (Å²) in [6.07, 6.45) is 0. The van der Waals surface area contributed by atoms with Crippen molar-refractivity contribution in [3.05, 3.63) is 71.5 Å². The van der Waals surface area contributed by atoms with Gasteiger partial charge in [0.2, 0.25) is 5.91 Å². The molecule has 0 radical (unpaired) electrons. The second-order valence-electron chi connectivity index (χ2n) is 4.89. The molecule has 21 heavy (non-hydrogen) atoms. The van der Waals surface area contributed by atoms with E-state index >= 15 is 0 Å². The number of carbonyl (C=O) groups is 1. The Bertz CT molecular complexity index is 586. The van der Waals surface area contributed by atoms with Crippen molar-refractivity contribution in [2.45, 2.75) is 19.5 Å². The summed E-state index contributed by atoms with van der Waals surface area (Å²) >= 11 is 0. The predicted molar refractivity (Wildman–Crippen MR) is 81.1 cm³/mol. The third-order valence-electron chi connectivity index (χ3n) is 3.27. The van der Waals surface area contributed by atoms with Crippen LogP contribution in [-0.4, -0.2) is 12.5 Å². The maximum absolute atomic E-state index is 13.6. The molecular formula is C17H19FN2O. The van der Waals surface area contributed by atoms with Gasteiger partial charge in [-0.3, -0.25) is 4.79 Å². The van der Waals surface area contributed by atoms with Crippen LogP contribution in [0, 0.1) is 5.82 Å². The van der Waals surface area contributed by atoms with E-state index in [-0.39, 0.29) is 24.3 Å². The molecule has 0 spiro atoms. The van der Waals surface area contributed by atoms with E-state index in [4.69, 9.17) is 0 Å². The van der Waals surface area contributed by atoms with Crippen molar-refractivity contribution in [3.63, 3.8) is 0 Å². The standard InChI is InChI=1S/C17H19FN2O/c1-13(15-9-5-6-10-16(15)18)19-12-17(21)20-11-14-7-3-2-4-8-14/h2-10,13,19H,11-12H2,1H3,(H,20,21). The van der Waals surface area contributed by atoms with Crippen molar-refractivity contribution in [1.29, 1.82) is 0 Å². The summed E-state index contributed by atoms with van der Waals surface area (Å²) in [4.78, 5) is 11.8. The molecule has 2 N–H and O–H groups in total. The van der Waals surface area contributed by atoms with Crippen LogP contribution in [0.5, 0.6) is 0 Å². The molecule has 1 amide bonds. The van der Waals surface area contributed by atoms with E-state index in [1.807, 2.05) is 37.3 Å². The van der Waals surface area contributed by atoms with Gasteiger partial charge in [-0.15, -0.1) is 0 Å². The first-order chi connectivity index (χ1) is 10.2. The molecule has 110 valence electrons. The van der Waals surface area contributed by atoms with Crippen molar-refractivity contribution in [2.75, 3.05) is 6.54 Å². The van der Waals surface area contributed by atoms with Crippen molar-refractivity contribution in [2.24, 2.45) is 0 Å². The molecule has 2 rings (SSSR count). The fourth-order valence-electron chi connectivity index (χ4n) is 2.04. The molecule has 3 nitrogen and oxygen atoms in total. The van der Waals surface area contributed by atoms with E-state index in [0.717, 1.165) is 5.56 Å². The lowest BCUT2D eigenvalue weighted by molar-refractivity contribution is -0.120. The maximum atomic E-state index is 13.6. The van der Waals surface area contributed by atoms with Crippen LogP contribution < -0.4 is 10.6 Å². The Morgan fingerprint density at radius 3 is 2.48 bits per heavy atom. The van der Waals surface area contributed by atoms with E-state index in [1.54, 1.807) is 18.2 Å². The van der Waals surface area contributed by atoms with Gasteiger partial charge in [0.05, 0.1) is 6.54 Å². The van der Waals surface area contributed by atoms with Crippen LogP contribution in [0.15, 0.2) is 54.6 Å². The van der Waals surface area contributed by atoms with Gasteiger partial charge in [-0.2, -0.15) is 0 Å². The summed E-state index contributed by atoms with van der Waals surface area (Å²) in [5.41, 5.74) is 1.61. The largest absolute Gasteiger partial charge is 0.351 e. The van der Waals surface area contributed by atoms with Crippen molar-refractivity contribution in [3.8, 4) is 0 Å². The lowest BCUT2D eigenvalue weighted by Crippen LogP contribution is -2.34. The molecule has 2 aromatic carbocycles. The van der Waals surface area contributed by atoms with Gasteiger partial charge >= 0.3 is 0 Å². The molecule has 0 aliphatic carbocycles.